The van der Waals surface area contributed by atoms with Crippen molar-refractivity contribution < 1.29 is 4.39 Å². The highest BCUT2D eigenvalue weighted by molar-refractivity contribution is 6.31. The summed E-state index contributed by atoms with van der Waals surface area (Å²) in [5.74, 6) is -0.230. The van der Waals surface area contributed by atoms with Crippen molar-refractivity contribution in [2.75, 3.05) is 7.05 Å². The van der Waals surface area contributed by atoms with E-state index in [1.54, 1.807) is 12.3 Å². The van der Waals surface area contributed by atoms with Crippen molar-refractivity contribution in [3.8, 4) is 0 Å². The molecule has 2 aromatic rings. The predicted molar refractivity (Wildman–Crippen MR) is 75.0 cm³/mol. The molecule has 0 saturated carbocycles. The summed E-state index contributed by atoms with van der Waals surface area (Å²) in [4.78, 5) is 0. The Balaban J connectivity index is 2.52. The minimum Gasteiger partial charge on any atom is -0.308 e. The van der Waals surface area contributed by atoms with Gasteiger partial charge in [-0.15, -0.1) is 0 Å². The van der Waals surface area contributed by atoms with E-state index in [4.69, 9.17) is 11.6 Å². The fourth-order valence-electron chi connectivity index (χ4n) is 2.31. The molecule has 1 N–H and O–H groups in total. The molecule has 19 heavy (non-hydrogen) atoms. The van der Waals surface area contributed by atoms with Crippen molar-refractivity contribution in [1.29, 1.82) is 0 Å². The molecule has 3 nitrogen and oxygen atoms in total. The number of hydrogen-bond donors (Lipinski definition) is 1. The third-order valence-corrected chi connectivity index (χ3v) is 3.53. The van der Waals surface area contributed by atoms with Gasteiger partial charge in [0.05, 0.1) is 23.0 Å². The Labute approximate surface area is 117 Å². The fraction of sp³-hybridized carbons (Fsp3) is 0.357. The van der Waals surface area contributed by atoms with Gasteiger partial charge in [0.15, 0.2) is 0 Å². The Morgan fingerprint density at radius 1 is 1.47 bits per heavy atom. The highest BCUT2D eigenvalue weighted by atomic mass is 35.5. The molecule has 102 valence electrons. The molecule has 0 aliphatic carbocycles. The summed E-state index contributed by atoms with van der Waals surface area (Å²) in [5.41, 5.74) is 2.79. The standard InChI is InChI=1S/C14H17ClFN3/c1-4-19-14(12(15)8-18-19)13(17-3)11-6-5-10(16)7-9(11)2/h5-8,13,17H,4H2,1-3H3. The second kappa shape index (κ2) is 5.72. The number of benzene rings is 1. The first-order chi connectivity index (χ1) is 9.08. The molecule has 2 rings (SSSR count). The van der Waals surface area contributed by atoms with Gasteiger partial charge in [0.25, 0.3) is 0 Å². The molecule has 0 radical (unpaired) electrons. The molecule has 1 heterocycles. The van der Waals surface area contributed by atoms with E-state index in [1.165, 1.54) is 12.1 Å². The third kappa shape index (κ3) is 2.65. The van der Waals surface area contributed by atoms with Crippen LogP contribution in [0, 0.1) is 12.7 Å². The molecule has 1 aromatic heterocycles. The molecule has 0 saturated heterocycles. The number of nitrogens with zero attached hydrogens (tertiary/aromatic N) is 2. The van der Waals surface area contributed by atoms with Gasteiger partial charge in [0, 0.05) is 6.54 Å². The van der Waals surface area contributed by atoms with Crippen LogP contribution in [0.15, 0.2) is 24.4 Å². The Morgan fingerprint density at radius 3 is 2.79 bits per heavy atom. The lowest BCUT2D eigenvalue weighted by Gasteiger charge is -2.20. The van der Waals surface area contributed by atoms with Gasteiger partial charge in [0.1, 0.15) is 5.82 Å². The van der Waals surface area contributed by atoms with Gasteiger partial charge >= 0.3 is 0 Å². The number of aromatic nitrogens is 2. The van der Waals surface area contributed by atoms with E-state index < -0.39 is 0 Å². The molecular formula is C14H17ClFN3. The number of hydrogen-bond acceptors (Lipinski definition) is 2. The molecule has 0 aliphatic heterocycles. The Bertz CT molecular complexity index is 580. The van der Waals surface area contributed by atoms with Crippen LogP contribution in [0.1, 0.15) is 29.8 Å². The lowest BCUT2D eigenvalue weighted by Crippen LogP contribution is -2.22. The van der Waals surface area contributed by atoms with Gasteiger partial charge in [-0.3, -0.25) is 4.68 Å². The van der Waals surface area contributed by atoms with Gasteiger partial charge in [0.2, 0.25) is 0 Å². The minimum absolute atomic E-state index is 0.101. The van der Waals surface area contributed by atoms with E-state index in [1.807, 2.05) is 25.6 Å². The average molecular weight is 282 g/mol. The molecule has 0 spiro atoms. The van der Waals surface area contributed by atoms with Crippen LogP contribution in [0.25, 0.3) is 0 Å². The third-order valence-electron chi connectivity index (χ3n) is 3.24. The van der Waals surface area contributed by atoms with Crippen LogP contribution in [0.2, 0.25) is 5.02 Å². The van der Waals surface area contributed by atoms with Gasteiger partial charge in [-0.05, 0) is 44.2 Å². The highest BCUT2D eigenvalue weighted by Gasteiger charge is 2.21. The molecule has 0 fully saturated rings. The van der Waals surface area contributed by atoms with E-state index in [0.717, 1.165) is 23.4 Å². The van der Waals surface area contributed by atoms with Crippen LogP contribution < -0.4 is 5.32 Å². The van der Waals surface area contributed by atoms with Crippen molar-refractivity contribution in [2.45, 2.75) is 26.4 Å². The van der Waals surface area contributed by atoms with Crippen LogP contribution in [-0.4, -0.2) is 16.8 Å². The number of aryl methyl sites for hydroxylation is 2. The lowest BCUT2D eigenvalue weighted by molar-refractivity contribution is 0.560. The zero-order valence-electron chi connectivity index (χ0n) is 11.2. The summed E-state index contributed by atoms with van der Waals surface area (Å²) >= 11 is 6.23. The van der Waals surface area contributed by atoms with Crippen molar-refractivity contribution in [3.05, 3.63) is 52.1 Å². The van der Waals surface area contributed by atoms with Crippen LogP contribution in [0.3, 0.4) is 0 Å². The Kier molecular flexibility index (Phi) is 4.22. The molecule has 1 unspecified atom stereocenters. The van der Waals surface area contributed by atoms with Gasteiger partial charge < -0.3 is 5.32 Å². The van der Waals surface area contributed by atoms with E-state index in [2.05, 4.69) is 10.4 Å². The van der Waals surface area contributed by atoms with Gasteiger partial charge in [-0.25, -0.2) is 4.39 Å². The zero-order chi connectivity index (χ0) is 14.0. The molecule has 0 bridgehead atoms. The normalized spacial score (nSPS) is 12.7. The molecule has 0 amide bonds. The monoisotopic (exact) mass is 281 g/mol. The quantitative estimate of drug-likeness (QED) is 0.932. The molecular weight excluding hydrogens is 265 g/mol. The lowest BCUT2D eigenvalue weighted by atomic mass is 9.98. The summed E-state index contributed by atoms with van der Waals surface area (Å²) in [5, 5.41) is 8.09. The van der Waals surface area contributed by atoms with Crippen LogP contribution in [0.4, 0.5) is 4.39 Å². The maximum Gasteiger partial charge on any atom is 0.123 e. The van der Waals surface area contributed by atoms with E-state index >= 15 is 0 Å². The number of nitrogens with one attached hydrogen (secondary N) is 1. The summed E-state index contributed by atoms with van der Waals surface area (Å²) in [6.45, 7) is 4.64. The highest BCUT2D eigenvalue weighted by Crippen LogP contribution is 2.30. The second-order valence-electron chi connectivity index (χ2n) is 4.42. The summed E-state index contributed by atoms with van der Waals surface area (Å²) in [6, 6.07) is 4.68. The van der Waals surface area contributed by atoms with Gasteiger partial charge in [-0.2, -0.15) is 5.10 Å². The molecule has 1 aromatic carbocycles. The van der Waals surface area contributed by atoms with E-state index in [0.29, 0.717) is 5.02 Å². The van der Waals surface area contributed by atoms with E-state index in [9.17, 15) is 4.39 Å². The van der Waals surface area contributed by atoms with Crippen molar-refractivity contribution in [1.82, 2.24) is 15.1 Å². The number of rotatable bonds is 4. The van der Waals surface area contributed by atoms with E-state index in [-0.39, 0.29) is 11.9 Å². The Hall–Kier alpha value is -1.39. The summed E-state index contributed by atoms with van der Waals surface area (Å²) in [7, 11) is 1.86. The first-order valence-corrected chi connectivity index (χ1v) is 6.60. The SMILES string of the molecule is CCn1ncc(Cl)c1C(NC)c1ccc(F)cc1C. The summed E-state index contributed by atoms with van der Waals surface area (Å²) < 4.78 is 15.1. The molecule has 1 atom stereocenters. The van der Waals surface area contributed by atoms with Crippen LogP contribution >= 0.6 is 11.6 Å². The zero-order valence-corrected chi connectivity index (χ0v) is 12.0. The minimum atomic E-state index is -0.230. The molecule has 5 heteroatoms. The second-order valence-corrected chi connectivity index (χ2v) is 4.82. The Morgan fingerprint density at radius 2 is 2.21 bits per heavy atom. The number of halogens is 2. The maximum absolute atomic E-state index is 13.2. The van der Waals surface area contributed by atoms with Crippen LogP contribution in [-0.2, 0) is 6.54 Å². The van der Waals surface area contributed by atoms with Crippen molar-refractivity contribution >= 4 is 11.6 Å². The average Bonchev–Trinajstić information content (AvgIpc) is 2.74. The topological polar surface area (TPSA) is 29.9 Å². The fourth-order valence-corrected chi connectivity index (χ4v) is 2.56. The first-order valence-electron chi connectivity index (χ1n) is 6.23. The van der Waals surface area contributed by atoms with Crippen LogP contribution in [0.5, 0.6) is 0 Å². The van der Waals surface area contributed by atoms with Crippen molar-refractivity contribution in [2.24, 2.45) is 0 Å². The van der Waals surface area contributed by atoms with Gasteiger partial charge in [-0.1, -0.05) is 17.7 Å². The maximum atomic E-state index is 13.2. The largest absolute Gasteiger partial charge is 0.308 e. The smallest absolute Gasteiger partial charge is 0.123 e. The van der Waals surface area contributed by atoms with Crippen molar-refractivity contribution in [3.63, 3.8) is 0 Å². The summed E-state index contributed by atoms with van der Waals surface area (Å²) in [6.07, 6.45) is 1.64. The first kappa shape index (κ1) is 14.0. The molecule has 0 aliphatic rings. The predicted octanol–water partition coefficient (Wildman–Crippen LogP) is 3.31.